The molecule has 4 heteroatoms. The lowest BCUT2D eigenvalue weighted by Crippen LogP contribution is -2.62. The Morgan fingerprint density at radius 3 is 2.74 bits per heavy atom. The van der Waals surface area contributed by atoms with Crippen molar-refractivity contribution >= 4 is 11.7 Å². The van der Waals surface area contributed by atoms with Gasteiger partial charge in [-0.05, 0) is 26.0 Å². The predicted molar refractivity (Wildman–Crippen MR) is 76.3 cm³/mol. The van der Waals surface area contributed by atoms with Crippen molar-refractivity contribution < 1.29 is 9.53 Å². The molecule has 104 valence electrons. The number of nitrogens with one attached hydrogen (secondary N) is 1. The van der Waals surface area contributed by atoms with E-state index in [9.17, 15) is 4.79 Å². The van der Waals surface area contributed by atoms with Crippen LogP contribution in [0.2, 0.25) is 0 Å². The quantitative estimate of drug-likeness (QED) is 0.844. The van der Waals surface area contributed by atoms with E-state index in [4.69, 9.17) is 4.74 Å². The van der Waals surface area contributed by atoms with E-state index in [1.54, 1.807) is 0 Å². The zero-order chi connectivity index (χ0) is 13.9. The average Bonchev–Trinajstić information content (AvgIpc) is 2.41. The summed E-state index contributed by atoms with van der Waals surface area (Å²) in [5, 5.41) is 3.43. The topological polar surface area (TPSA) is 41.6 Å². The van der Waals surface area contributed by atoms with Crippen LogP contribution in [0.5, 0.6) is 0 Å². The number of para-hydroxylation sites is 1. The largest absolute Gasteiger partial charge is 0.469 e. The third kappa shape index (κ3) is 3.26. The van der Waals surface area contributed by atoms with E-state index in [-0.39, 0.29) is 17.6 Å². The number of esters is 1. The molecule has 0 aromatic heterocycles. The maximum absolute atomic E-state index is 11.4. The summed E-state index contributed by atoms with van der Waals surface area (Å²) in [5.74, 6) is -0.162. The van der Waals surface area contributed by atoms with Gasteiger partial charge in [0.05, 0.1) is 13.5 Å². The number of anilines is 1. The number of rotatable bonds is 3. The molecule has 1 aliphatic heterocycles. The number of methoxy groups -OCH3 is 1. The van der Waals surface area contributed by atoms with E-state index in [2.05, 4.69) is 36.2 Å². The first-order chi connectivity index (χ1) is 9.03. The lowest BCUT2D eigenvalue weighted by Gasteiger charge is -2.47. The van der Waals surface area contributed by atoms with Crippen molar-refractivity contribution in [2.45, 2.75) is 31.8 Å². The number of benzene rings is 1. The Morgan fingerprint density at radius 2 is 2.11 bits per heavy atom. The van der Waals surface area contributed by atoms with Gasteiger partial charge in [0, 0.05) is 30.4 Å². The van der Waals surface area contributed by atoms with Gasteiger partial charge in [-0.25, -0.2) is 0 Å². The summed E-state index contributed by atoms with van der Waals surface area (Å²) >= 11 is 0. The second-order valence-electron chi connectivity index (χ2n) is 5.62. The summed E-state index contributed by atoms with van der Waals surface area (Å²) in [6, 6.07) is 10.5. The summed E-state index contributed by atoms with van der Waals surface area (Å²) in [5.41, 5.74) is 1.23. The minimum atomic E-state index is -0.162. The van der Waals surface area contributed by atoms with E-state index in [0.29, 0.717) is 6.42 Å². The van der Waals surface area contributed by atoms with Gasteiger partial charge < -0.3 is 15.0 Å². The first-order valence-corrected chi connectivity index (χ1v) is 6.66. The van der Waals surface area contributed by atoms with Crippen molar-refractivity contribution in [3.05, 3.63) is 30.3 Å². The first kappa shape index (κ1) is 13.9. The van der Waals surface area contributed by atoms with Gasteiger partial charge in [0.15, 0.2) is 0 Å². The van der Waals surface area contributed by atoms with Gasteiger partial charge in [-0.2, -0.15) is 0 Å². The second kappa shape index (κ2) is 5.61. The fourth-order valence-electron chi connectivity index (χ4n) is 2.51. The molecule has 1 saturated heterocycles. The maximum Gasteiger partial charge on any atom is 0.307 e. The molecule has 1 aromatic carbocycles. The van der Waals surface area contributed by atoms with Crippen LogP contribution in [0, 0.1) is 0 Å². The molecule has 0 amide bonds. The molecule has 1 fully saturated rings. The summed E-state index contributed by atoms with van der Waals surface area (Å²) in [4.78, 5) is 13.8. The normalized spacial score (nSPS) is 22.1. The number of nitrogens with zero attached hydrogens (tertiary/aromatic N) is 1. The predicted octanol–water partition coefficient (Wildman–Crippen LogP) is 1.81. The van der Waals surface area contributed by atoms with Crippen LogP contribution in [0.25, 0.3) is 0 Å². The van der Waals surface area contributed by atoms with Crippen molar-refractivity contribution in [3.63, 3.8) is 0 Å². The molecular formula is C15H22N2O2. The van der Waals surface area contributed by atoms with Gasteiger partial charge in [-0.15, -0.1) is 0 Å². The highest BCUT2D eigenvalue weighted by Crippen LogP contribution is 2.27. The molecule has 1 aromatic rings. The first-order valence-electron chi connectivity index (χ1n) is 6.66. The molecule has 4 nitrogen and oxygen atoms in total. The Hall–Kier alpha value is -1.55. The number of hydrogen-bond acceptors (Lipinski definition) is 4. The molecule has 0 saturated carbocycles. The molecule has 19 heavy (non-hydrogen) atoms. The number of ether oxygens (including phenoxy) is 1. The molecule has 0 bridgehead atoms. The average molecular weight is 262 g/mol. The van der Waals surface area contributed by atoms with E-state index < -0.39 is 0 Å². The van der Waals surface area contributed by atoms with Crippen LogP contribution in [-0.2, 0) is 9.53 Å². The Balaban J connectivity index is 2.12. The maximum atomic E-state index is 11.4. The molecule has 1 heterocycles. The summed E-state index contributed by atoms with van der Waals surface area (Å²) in [7, 11) is 1.43. The molecule has 2 rings (SSSR count). The second-order valence-corrected chi connectivity index (χ2v) is 5.62. The van der Waals surface area contributed by atoms with Gasteiger partial charge in [0.25, 0.3) is 0 Å². The van der Waals surface area contributed by atoms with Crippen LogP contribution in [0.4, 0.5) is 5.69 Å². The van der Waals surface area contributed by atoms with Gasteiger partial charge >= 0.3 is 5.97 Å². The zero-order valence-electron chi connectivity index (χ0n) is 11.8. The van der Waals surface area contributed by atoms with Crippen molar-refractivity contribution in [2.75, 3.05) is 25.1 Å². The van der Waals surface area contributed by atoms with E-state index in [1.165, 1.54) is 12.8 Å². The monoisotopic (exact) mass is 262 g/mol. The zero-order valence-corrected chi connectivity index (χ0v) is 11.8. The van der Waals surface area contributed by atoms with Crippen LogP contribution in [0.15, 0.2) is 30.3 Å². The van der Waals surface area contributed by atoms with Crippen LogP contribution in [-0.4, -0.2) is 37.7 Å². The smallest absolute Gasteiger partial charge is 0.307 e. The highest BCUT2D eigenvalue weighted by molar-refractivity contribution is 5.70. The van der Waals surface area contributed by atoms with Gasteiger partial charge in [-0.3, -0.25) is 4.79 Å². The molecule has 0 spiro atoms. The number of carbonyl (C=O) groups excluding carboxylic acids is 1. The highest BCUT2D eigenvalue weighted by atomic mass is 16.5. The Bertz CT molecular complexity index is 431. The molecule has 0 radical (unpaired) electrons. The Morgan fingerprint density at radius 1 is 1.42 bits per heavy atom. The summed E-state index contributed by atoms with van der Waals surface area (Å²) in [6.07, 6.45) is 0.413. The van der Waals surface area contributed by atoms with Crippen molar-refractivity contribution in [1.82, 2.24) is 5.32 Å². The standard InChI is InChI=1S/C15H22N2O2/c1-15(2)11-16-12(9-14(18)19-3)10-17(15)13-7-5-4-6-8-13/h4-8,12,16H,9-11H2,1-3H3. The lowest BCUT2D eigenvalue weighted by molar-refractivity contribution is -0.141. The third-order valence-corrected chi connectivity index (χ3v) is 3.67. The van der Waals surface area contributed by atoms with E-state index in [0.717, 1.165) is 13.1 Å². The van der Waals surface area contributed by atoms with Crippen LogP contribution in [0.1, 0.15) is 20.3 Å². The molecule has 1 aliphatic rings. The van der Waals surface area contributed by atoms with Crippen molar-refractivity contribution in [2.24, 2.45) is 0 Å². The van der Waals surface area contributed by atoms with Crippen molar-refractivity contribution in [1.29, 1.82) is 0 Å². The van der Waals surface area contributed by atoms with Gasteiger partial charge in [0.1, 0.15) is 0 Å². The third-order valence-electron chi connectivity index (χ3n) is 3.67. The SMILES string of the molecule is COC(=O)CC1CN(c2ccccc2)C(C)(C)CN1. The van der Waals surface area contributed by atoms with Gasteiger partial charge in [0.2, 0.25) is 0 Å². The molecule has 0 aliphatic carbocycles. The summed E-state index contributed by atoms with van der Waals surface area (Å²) < 4.78 is 4.75. The minimum Gasteiger partial charge on any atom is -0.469 e. The number of piperazine rings is 1. The van der Waals surface area contributed by atoms with Crippen LogP contribution < -0.4 is 10.2 Å². The van der Waals surface area contributed by atoms with E-state index in [1.807, 2.05) is 18.2 Å². The summed E-state index contributed by atoms with van der Waals surface area (Å²) in [6.45, 7) is 6.08. The van der Waals surface area contributed by atoms with Gasteiger partial charge in [-0.1, -0.05) is 18.2 Å². The molecular weight excluding hydrogens is 240 g/mol. The molecule has 1 N–H and O–H groups in total. The van der Waals surface area contributed by atoms with Crippen molar-refractivity contribution in [3.8, 4) is 0 Å². The fourth-order valence-corrected chi connectivity index (χ4v) is 2.51. The Kier molecular flexibility index (Phi) is 4.10. The van der Waals surface area contributed by atoms with Crippen LogP contribution in [0.3, 0.4) is 0 Å². The Labute approximate surface area is 114 Å². The van der Waals surface area contributed by atoms with E-state index >= 15 is 0 Å². The minimum absolute atomic E-state index is 0.0357. The molecule has 1 unspecified atom stereocenters. The van der Waals surface area contributed by atoms with Crippen LogP contribution >= 0.6 is 0 Å². The lowest BCUT2D eigenvalue weighted by atomic mass is 9.95. The molecule has 1 atom stereocenters. The highest BCUT2D eigenvalue weighted by Gasteiger charge is 2.34. The fraction of sp³-hybridized carbons (Fsp3) is 0.533. The number of hydrogen-bond donors (Lipinski definition) is 1. The number of carbonyl (C=O) groups is 1.